The zero-order valence-electron chi connectivity index (χ0n) is 53.2. The lowest BCUT2D eigenvalue weighted by atomic mass is 10.0. The molecule has 0 radical (unpaired) electrons. The largest absolute Gasteiger partial charge is 0.354 e. The van der Waals surface area contributed by atoms with Gasteiger partial charge in [0.2, 0.25) is 17.5 Å². The number of rotatable bonds is 8. The third-order valence-corrected chi connectivity index (χ3v) is 17.8. The molecule has 0 spiro atoms. The highest BCUT2D eigenvalue weighted by Crippen LogP contribution is 2.45. The normalized spacial score (nSPS) is 12.0. The molecule has 0 fully saturated rings. The summed E-state index contributed by atoms with van der Waals surface area (Å²) < 4.78 is 270. The van der Waals surface area contributed by atoms with Gasteiger partial charge in [-0.15, -0.1) is 0 Å². The fourth-order valence-electron chi connectivity index (χ4n) is 12.9. The Bertz CT molecular complexity index is 6540. The van der Waals surface area contributed by atoms with Gasteiger partial charge in [-0.1, -0.05) is 11.6 Å². The Balaban J connectivity index is 0.000000172. The molecule has 0 atom stereocenters. The summed E-state index contributed by atoms with van der Waals surface area (Å²) in [6.07, 6.45) is 5.46. The van der Waals surface area contributed by atoms with Crippen molar-refractivity contribution < 1.29 is 88.9 Å². The summed E-state index contributed by atoms with van der Waals surface area (Å²) in [4.78, 5) is 48.5. The molecule has 10 heterocycles. The predicted molar refractivity (Wildman–Crippen MR) is 360 cm³/mol. The maximum Gasteiger partial charge on any atom is 0.270 e. The number of aryl methyl sites for hydroxylation is 1. The van der Waals surface area contributed by atoms with Crippen LogP contribution in [0.1, 0.15) is 28.3 Å². The number of nitro groups is 2. The minimum atomic E-state index is -2.59. The molecule has 0 saturated carbocycles. The Morgan fingerprint density at radius 2 is 0.486 bits per heavy atom. The van der Waals surface area contributed by atoms with E-state index in [4.69, 9.17) is 4.98 Å². The number of fused-ring (bicyclic) bond motifs is 18. The van der Waals surface area contributed by atoms with E-state index < -0.39 is 181 Å². The average Bonchev–Trinajstić information content (AvgIpc) is 1.70. The number of benzene rings is 6. The molecule has 107 heavy (non-hydrogen) atoms. The number of aromatic amines is 6. The van der Waals surface area contributed by atoms with Gasteiger partial charge in [-0.05, 0) is 128 Å². The van der Waals surface area contributed by atoms with Crippen LogP contribution in [-0.2, 0) is 0 Å². The Morgan fingerprint density at radius 3 is 0.822 bits per heavy atom. The van der Waals surface area contributed by atoms with E-state index in [1.54, 1.807) is 60.7 Å². The highest BCUT2D eigenvalue weighted by Gasteiger charge is 2.34. The minimum Gasteiger partial charge on any atom is -0.354 e. The van der Waals surface area contributed by atoms with Crippen molar-refractivity contribution in [2.45, 2.75) is 6.92 Å². The summed E-state index contributed by atoms with van der Waals surface area (Å²) in [5.41, 5.74) is -7.25. The van der Waals surface area contributed by atoms with Crippen LogP contribution >= 0.6 is 0 Å². The molecule has 2 aliphatic rings. The lowest BCUT2D eigenvalue weighted by Gasteiger charge is -2.11. The lowest BCUT2D eigenvalue weighted by molar-refractivity contribution is -0.385. The van der Waals surface area contributed by atoms with Crippen molar-refractivity contribution in [1.29, 1.82) is 0 Å². The van der Waals surface area contributed by atoms with Gasteiger partial charge in [0.05, 0.1) is 60.3 Å². The predicted octanol–water partition coefficient (Wildman–Crippen LogP) is 22.0. The van der Waals surface area contributed by atoms with Crippen molar-refractivity contribution in [3.8, 4) is 66.8 Å². The van der Waals surface area contributed by atoms with Crippen LogP contribution in [-0.4, -0.2) is 49.7 Å². The molecule has 6 aromatic carbocycles. The van der Waals surface area contributed by atoms with Gasteiger partial charge in [0.25, 0.3) is 11.4 Å². The van der Waals surface area contributed by atoms with Gasteiger partial charge < -0.3 is 29.9 Å². The number of hydrogen-bond acceptors (Lipinski definition) is 6. The molecule has 16 rings (SSSR count). The van der Waals surface area contributed by atoms with E-state index in [2.05, 4.69) is 34.9 Å². The molecule has 0 amide bonds. The molecule has 534 valence electrons. The Hall–Kier alpha value is -13.7. The summed E-state index contributed by atoms with van der Waals surface area (Å²) >= 11 is 0. The fourth-order valence-corrected chi connectivity index (χ4v) is 12.9. The molecule has 8 aromatic heterocycles. The minimum absolute atomic E-state index is 0.0614. The molecular formula is C75H34F18N10O4. The third kappa shape index (κ3) is 11.4. The number of hydrogen-bond donors (Lipinski definition) is 6. The second kappa shape index (κ2) is 25.9. The molecule has 0 unspecified atom stereocenters. The van der Waals surface area contributed by atoms with Crippen LogP contribution in [0, 0.1) is 132 Å². The van der Waals surface area contributed by atoms with E-state index in [0.29, 0.717) is 44.4 Å². The van der Waals surface area contributed by atoms with Crippen LogP contribution in [0.15, 0.2) is 127 Å². The molecular weight excluding hydrogens is 1450 g/mol. The van der Waals surface area contributed by atoms with E-state index in [9.17, 15) is 59.7 Å². The molecule has 14 nitrogen and oxygen atoms in total. The maximum atomic E-state index is 15.7. The van der Waals surface area contributed by atoms with Crippen molar-refractivity contribution in [2.24, 2.45) is 0 Å². The number of H-pyrrole nitrogens is 6. The number of aromatic nitrogens is 8. The van der Waals surface area contributed by atoms with Gasteiger partial charge in [0.15, 0.2) is 69.8 Å². The molecule has 0 saturated heterocycles. The molecule has 6 N–H and O–H groups in total. The highest BCUT2D eigenvalue weighted by molar-refractivity contribution is 6.04. The van der Waals surface area contributed by atoms with Crippen LogP contribution in [0.3, 0.4) is 0 Å². The molecule has 14 aromatic rings. The monoisotopic (exact) mass is 1480 g/mol. The van der Waals surface area contributed by atoms with Crippen LogP contribution in [0.4, 0.5) is 90.4 Å². The Kier molecular flexibility index (Phi) is 16.7. The summed E-state index contributed by atoms with van der Waals surface area (Å²) in [6, 6.07) is 26.8. The van der Waals surface area contributed by atoms with Crippen molar-refractivity contribution in [2.75, 3.05) is 0 Å². The van der Waals surface area contributed by atoms with Gasteiger partial charge in [-0.25, -0.2) is 89.0 Å². The van der Waals surface area contributed by atoms with Crippen molar-refractivity contribution in [3.63, 3.8) is 0 Å². The van der Waals surface area contributed by atoms with Gasteiger partial charge in [-0.2, -0.15) is 0 Å². The molecule has 16 bridgehead atoms. The number of nitrogens with zero attached hydrogens (tertiary/aromatic N) is 4. The molecule has 32 heteroatoms. The first-order valence-electron chi connectivity index (χ1n) is 31.0. The zero-order valence-corrected chi connectivity index (χ0v) is 53.2. The highest BCUT2D eigenvalue weighted by atomic mass is 19.2. The number of non-ortho nitro benzene ring substituents is 2. The number of nitro benzene ring substituents is 2. The number of nitrogens with one attached hydrogen (secondary N) is 6. The maximum absolute atomic E-state index is 15.7. The smallest absolute Gasteiger partial charge is 0.270 e. The van der Waals surface area contributed by atoms with Crippen LogP contribution in [0.2, 0.25) is 0 Å². The topological polar surface area (TPSA) is 207 Å². The van der Waals surface area contributed by atoms with E-state index in [1.165, 1.54) is 6.07 Å². The van der Waals surface area contributed by atoms with E-state index in [1.807, 2.05) is 6.92 Å². The summed E-state index contributed by atoms with van der Waals surface area (Å²) in [5, 5.41) is 23.5. The van der Waals surface area contributed by atoms with Gasteiger partial charge in [0.1, 0.15) is 17.5 Å². The Morgan fingerprint density at radius 1 is 0.252 bits per heavy atom. The van der Waals surface area contributed by atoms with Gasteiger partial charge >= 0.3 is 0 Å². The summed E-state index contributed by atoms with van der Waals surface area (Å²) in [7, 11) is 0. The summed E-state index contributed by atoms with van der Waals surface area (Å²) in [5.74, 6) is -38.4. The first kappa shape index (κ1) is 69.1. The molecule has 2 aliphatic heterocycles. The lowest BCUT2D eigenvalue weighted by Crippen LogP contribution is -2.05. The number of halogens is 18. The second-order valence-electron chi connectivity index (χ2n) is 24.1. The van der Waals surface area contributed by atoms with Crippen LogP contribution < -0.4 is 0 Å². The third-order valence-electron chi connectivity index (χ3n) is 17.8. The van der Waals surface area contributed by atoms with Crippen LogP contribution in [0.5, 0.6) is 0 Å². The van der Waals surface area contributed by atoms with Crippen LogP contribution in [0.25, 0.3) is 157 Å². The SMILES string of the molecule is Cc1ccc(F)c(-c2c3ccc([nH]3)c(-c3cc([N+](=O)[O-])ccc3F)c3nc(c4ccc([nH]4)c(-c4cc([N+](=O)[O-])ccc4F)c4ccc2[nH]4)C=C3)c1.Fc1c(F)c(F)c(-c2c3nc(c4ccc([nH]4)c(-c4c(F)c(F)c(F)c(F)c4F)c4ccc([nH]4)c(-c4c(F)c(F)c(F)c(F)c4F)c4ccc2[nH]4)C=C3)c(F)c1F. The first-order chi connectivity index (χ1) is 51.1. The first-order valence-corrected chi connectivity index (χ1v) is 31.0. The average molecular weight is 1480 g/mol. The van der Waals surface area contributed by atoms with Gasteiger partial charge in [0, 0.05) is 130 Å². The Labute approximate surface area is 582 Å². The van der Waals surface area contributed by atoms with Crippen molar-refractivity contribution in [3.05, 3.63) is 281 Å². The molecule has 0 aliphatic carbocycles. The standard InChI is InChI=1S/C38H23F3N6O4.C37H11F15N4/c1-19-2-5-25(39)22(16-19)36-32-12-14-34(44-32)37(23-17-20(46(48)49)3-6-26(23)40)30-10-8-28(42-30)29-9-11-31(43-29)38(35-15-13-33(36)45-35)24-18-21(47(50)51)4-7-27(24)41;38-23-20(24(39)30(45)35(50)29(23)44)17-11-3-1-9(53-11)10-2-4-12(54-10)18(21-25(40)31(46)36(51)32(47)26(21)41)14-6-8-16(56-14)19(15-7-5-13(17)55-15)22-27(42)33(48)37(52)34(49)28(22)43/h2-18,42,44-45H,1H3;1-8,53,55-56H. The van der Waals surface area contributed by atoms with E-state index >= 15 is 39.5 Å². The fraction of sp³-hybridized carbons (Fsp3) is 0.0133. The summed E-state index contributed by atoms with van der Waals surface area (Å²) in [6.45, 7) is 1.81. The van der Waals surface area contributed by atoms with Crippen molar-refractivity contribution >= 4 is 102 Å². The quantitative estimate of drug-likeness (QED) is 0.0287. The van der Waals surface area contributed by atoms with Crippen molar-refractivity contribution in [1.82, 2.24) is 39.9 Å². The van der Waals surface area contributed by atoms with E-state index in [0.717, 1.165) is 90.5 Å². The zero-order chi connectivity index (χ0) is 75.8. The van der Waals surface area contributed by atoms with Gasteiger partial charge in [-0.3, -0.25) is 20.2 Å². The van der Waals surface area contributed by atoms with E-state index in [-0.39, 0.29) is 56.1 Å². The second-order valence-corrected chi connectivity index (χ2v) is 24.1.